The van der Waals surface area contributed by atoms with Crippen LogP contribution in [0.25, 0.3) is 0 Å². The highest BCUT2D eigenvalue weighted by molar-refractivity contribution is 5.91. The number of aromatic nitrogens is 1. The first-order valence-corrected chi connectivity index (χ1v) is 6.29. The Labute approximate surface area is 107 Å². The molecular weight excluding hydrogens is 230 g/mol. The molecule has 0 aromatic carbocycles. The lowest BCUT2D eigenvalue weighted by Gasteiger charge is -2.22. The zero-order chi connectivity index (χ0) is 12.8. The number of carbonyl (C=O) groups excluding carboxylic acids is 1. The highest BCUT2D eigenvalue weighted by atomic mass is 16.5. The van der Waals surface area contributed by atoms with Gasteiger partial charge >= 0.3 is 0 Å². The van der Waals surface area contributed by atoms with Gasteiger partial charge in [0.05, 0.1) is 6.10 Å². The smallest absolute Gasteiger partial charge is 0.251 e. The van der Waals surface area contributed by atoms with Gasteiger partial charge in [0.25, 0.3) is 5.91 Å². The minimum absolute atomic E-state index is 0.0979. The zero-order valence-electron chi connectivity index (χ0n) is 10.6. The Morgan fingerprint density at radius 1 is 1.56 bits per heavy atom. The summed E-state index contributed by atoms with van der Waals surface area (Å²) in [4.78, 5) is 15.8. The van der Waals surface area contributed by atoms with Crippen LogP contribution >= 0.6 is 0 Å². The van der Waals surface area contributed by atoms with E-state index >= 15 is 0 Å². The number of aryl methyl sites for hydroxylation is 1. The summed E-state index contributed by atoms with van der Waals surface area (Å²) < 4.78 is 5.58. The quantitative estimate of drug-likeness (QED) is 0.838. The topological polar surface area (TPSA) is 63.2 Å². The van der Waals surface area contributed by atoms with Crippen LogP contribution in [0.3, 0.4) is 0 Å². The van der Waals surface area contributed by atoms with Crippen LogP contribution < -0.4 is 10.6 Å². The van der Waals surface area contributed by atoms with E-state index in [0.717, 1.165) is 31.5 Å². The lowest BCUT2D eigenvalue weighted by Crippen LogP contribution is -2.34. The normalized spacial score (nSPS) is 16.5. The van der Waals surface area contributed by atoms with E-state index in [0.29, 0.717) is 5.82 Å². The van der Waals surface area contributed by atoms with Crippen LogP contribution in [0.1, 0.15) is 18.4 Å². The first-order chi connectivity index (χ1) is 8.75. The van der Waals surface area contributed by atoms with Crippen LogP contribution in [0.5, 0.6) is 0 Å². The number of ether oxygens (including phenoxy) is 1. The summed E-state index contributed by atoms with van der Waals surface area (Å²) in [5.74, 6) is 0.465. The van der Waals surface area contributed by atoms with E-state index in [9.17, 15) is 4.79 Å². The van der Waals surface area contributed by atoms with Gasteiger partial charge in [-0.15, -0.1) is 0 Å². The molecule has 0 spiro atoms. The maximum absolute atomic E-state index is 11.7. The van der Waals surface area contributed by atoms with Crippen LogP contribution in [0.4, 0.5) is 5.82 Å². The van der Waals surface area contributed by atoms with Crippen LogP contribution in [0, 0.1) is 6.92 Å². The van der Waals surface area contributed by atoms with E-state index in [-0.39, 0.29) is 18.6 Å². The van der Waals surface area contributed by atoms with Crippen LogP contribution in [-0.4, -0.2) is 36.7 Å². The largest absolute Gasteiger partial charge is 0.368 e. The van der Waals surface area contributed by atoms with Gasteiger partial charge < -0.3 is 15.4 Å². The maximum atomic E-state index is 11.7. The van der Waals surface area contributed by atoms with Gasteiger partial charge in [0.2, 0.25) is 0 Å². The molecular formula is C13H19N3O2. The first kappa shape index (κ1) is 13.0. The van der Waals surface area contributed by atoms with E-state index in [2.05, 4.69) is 15.6 Å². The van der Waals surface area contributed by atoms with Gasteiger partial charge in [0.15, 0.2) is 0 Å². The summed E-state index contributed by atoms with van der Waals surface area (Å²) >= 11 is 0. The van der Waals surface area contributed by atoms with Crippen LogP contribution in [0.2, 0.25) is 0 Å². The van der Waals surface area contributed by atoms with Gasteiger partial charge in [-0.1, -0.05) is 6.07 Å². The molecule has 5 heteroatoms. The summed E-state index contributed by atoms with van der Waals surface area (Å²) in [6, 6.07) is 3.76. The van der Waals surface area contributed by atoms with Crippen molar-refractivity contribution >= 4 is 11.7 Å². The molecule has 2 N–H and O–H groups in total. The molecule has 2 heterocycles. The molecule has 2 rings (SSSR count). The van der Waals surface area contributed by atoms with Crippen molar-refractivity contribution in [3.8, 4) is 0 Å². The van der Waals surface area contributed by atoms with Crippen molar-refractivity contribution in [1.29, 1.82) is 0 Å². The summed E-state index contributed by atoms with van der Waals surface area (Å²) in [6.07, 6.45) is 3.80. The molecule has 0 bridgehead atoms. The SMILES string of the molecule is Cc1cccnc1NC(=O)COC1CCNCC1. The van der Waals surface area contributed by atoms with Crippen molar-refractivity contribution in [1.82, 2.24) is 10.3 Å². The van der Waals surface area contributed by atoms with Crippen molar-refractivity contribution in [3.63, 3.8) is 0 Å². The number of hydrogen-bond donors (Lipinski definition) is 2. The number of amides is 1. The average Bonchev–Trinajstić information content (AvgIpc) is 2.40. The molecule has 0 atom stereocenters. The Bertz CT molecular complexity index is 403. The summed E-state index contributed by atoms with van der Waals surface area (Å²) in [7, 11) is 0. The van der Waals surface area contributed by atoms with E-state index in [1.165, 1.54) is 0 Å². The molecule has 1 fully saturated rings. The summed E-state index contributed by atoms with van der Waals surface area (Å²) in [5.41, 5.74) is 0.952. The van der Waals surface area contributed by atoms with E-state index in [1.54, 1.807) is 6.20 Å². The Morgan fingerprint density at radius 2 is 2.33 bits per heavy atom. The monoisotopic (exact) mass is 249 g/mol. The minimum Gasteiger partial charge on any atom is -0.368 e. The zero-order valence-corrected chi connectivity index (χ0v) is 10.6. The second-order valence-electron chi connectivity index (χ2n) is 4.48. The number of nitrogens with one attached hydrogen (secondary N) is 2. The predicted molar refractivity (Wildman–Crippen MR) is 69.4 cm³/mol. The maximum Gasteiger partial charge on any atom is 0.251 e. The van der Waals surface area contributed by atoms with Gasteiger partial charge in [-0.3, -0.25) is 4.79 Å². The van der Waals surface area contributed by atoms with Crippen molar-refractivity contribution < 1.29 is 9.53 Å². The van der Waals surface area contributed by atoms with Gasteiger partial charge in [0, 0.05) is 6.20 Å². The third-order valence-electron chi connectivity index (χ3n) is 3.00. The second-order valence-corrected chi connectivity index (χ2v) is 4.48. The summed E-state index contributed by atoms with van der Waals surface area (Å²) in [6.45, 7) is 3.94. The number of pyridine rings is 1. The van der Waals surface area contributed by atoms with Crippen molar-refractivity contribution in [2.45, 2.75) is 25.9 Å². The second kappa shape index (κ2) is 6.47. The third kappa shape index (κ3) is 3.78. The Kier molecular flexibility index (Phi) is 4.66. The van der Waals surface area contributed by atoms with Gasteiger partial charge in [-0.25, -0.2) is 4.98 Å². The molecule has 1 aromatic rings. The highest BCUT2D eigenvalue weighted by Gasteiger charge is 2.15. The number of anilines is 1. The van der Waals surface area contributed by atoms with Crippen molar-refractivity contribution in [2.75, 3.05) is 25.0 Å². The molecule has 1 saturated heterocycles. The van der Waals surface area contributed by atoms with Crippen LogP contribution in [0.15, 0.2) is 18.3 Å². The summed E-state index contributed by atoms with van der Waals surface area (Å²) in [5, 5.41) is 6.02. The Hall–Kier alpha value is -1.46. The number of piperidine rings is 1. The van der Waals surface area contributed by atoms with Crippen molar-refractivity contribution in [2.24, 2.45) is 0 Å². The van der Waals surface area contributed by atoms with E-state index < -0.39 is 0 Å². The lowest BCUT2D eigenvalue weighted by molar-refractivity contribution is -0.123. The fourth-order valence-electron chi connectivity index (χ4n) is 1.94. The lowest BCUT2D eigenvalue weighted by atomic mass is 10.1. The first-order valence-electron chi connectivity index (χ1n) is 6.29. The molecule has 5 nitrogen and oxygen atoms in total. The minimum atomic E-state index is -0.143. The molecule has 1 aromatic heterocycles. The molecule has 1 aliphatic heterocycles. The average molecular weight is 249 g/mol. The number of carbonyl (C=O) groups is 1. The third-order valence-corrected chi connectivity index (χ3v) is 3.00. The Morgan fingerprint density at radius 3 is 3.06 bits per heavy atom. The van der Waals surface area contributed by atoms with Gasteiger partial charge in [-0.05, 0) is 44.5 Å². The molecule has 0 radical (unpaired) electrons. The standard InChI is InChI=1S/C13H19N3O2/c1-10-3-2-6-15-13(10)16-12(17)9-18-11-4-7-14-8-5-11/h2-3,6,11,14H,4-5,7-9H2,1H3,(H,15,16,17). The van der Waals surface area contributed by atoms with E-state index in [1.807, 2.05) is 19.1 Å². The molecule has 0 aliphatic carbocycles. The Balaban J connectivity index is 1.76. The number of nitrogens with zero attached hydrogens (tertiary/aromatic N) is 1. The number of rotatable bonds is 4. The molecule has 1 aliphatic rings. The van der Waals surface area contributed by atoms with Crippen LogP contribution in [-0.2, 0) is 9.53 Å². The fraction of sp³-hybridized carbons (Fsp3) is 0.538. The highest BCUT2D eigenvalue weighted by Crippen LogP contribution is 2.10. The molecule has 1 amide bonds. The van der Waals surface area contributed by atoms with E-state index in [4.69, 9.17) is 4.74 Å². The number of hydrogen-bond acceptors (Lipinski definition) is 4. The van der Waals surface area contributed by atoms with Gasteiger partial charge in [0.1, 0.15) is 12.4 Å². The molecule has 18 heavy (non-hydrogen) atoms. The van der Waals surface area contributed by atoms with Crippen molar-refractivity contribution in [3.05, 3.63) is 23.9 Å². The molecule has 0 saturated carbocycles. The van der Waals surface area contributed by atoms with Gasteiger partial charge in [-0.2, -0.15) is 0 Å². The predicted octanol–water partition coefficient (Wildman–Crippen LogP) is 1.10. The molecule has 0 unspecified atom stereocenters. The fourth-order valence-corrected chi connectivity index (χ4v) is 1.94. The molecule has 98 valence electrons.